The first-order chi connectivity index (χ1) is 8.99. The van der Waals surface area contributed by atoms with Gasteiger partial charge in [0.15, 0.2) is 5.78 Å². The molecule has 0 radical (unpaired) electrons. The van der Waals surface area contributed by atoms with Gasteiger partial charge in [0.1, 0.15) is 11.9 Å². The molecule has 5 heteroatoms. The van der Waals surface area contributed by atoms with Crippen molar-refractivity contribution in [3.63, 3.8) is 0 Å². The van der Waals surface area contributed by atoms with E-state index in [2.05, 4.69) is 23.7 Å². The normalized spacial score (nSPS) is 20.7. The molecule has 2 heterocycles. The molecule has 0 saturated carbocycles. The quantitative estimate of drug-likeness (QED) is 0.832. The Morgan fingerprint density at radius 2 is 2.32 bits per heavy atom. The molecule has 5 nitrogen and oxygen atoms in total. The fraction of sp³-hybridized carbons (Fsp3) is 0.571. The number of nitrogen functional groups attached to an aromatic ring is 1. The monoisotopic (exact) mass is 263 g/mol. The second-order valence-corrected chi connectivity index (χ2v) is 5.26. The summed E-state index contributed by atoms with van der Waals surface area (Å²) in [6.07, 6.45) is 1.22. The van der Waals surface area contributed by atoms with E-state index in [1.165, 1.54) is 0 Å². The minimum absolute atomic E-state index is 0.0703. The summed E-state index contributed by atoms with van der Waals surface area (Å²) in [6.45, 7) is 8.19. The van der Waals surface area contributed by atoms with Crippen molar-refractivity contribution in [2.24, 2.45) is 0 Å². The van der Waals surface area contributed by atoms with Crippen molar-refractivity contribution in [1.29, 1.82) is 0 Å². The highest BCUT2D eigenvalue weighted by Gasteiger charge is 2.29. The van der Waals surface area contributed by atoms with Crippen LogP contribution in [0.3, 0.4) is 0 Å². The van der Waals surface area contributed by atoms with Gasteiger partial charge in [-0.05, 0) is 32.4 Å². The smallest absolute Gasteiger partial charge is 0.196 e. The predicted octanol–water partition coefficient (Wildman–Crippen LogP) is 1.26. The van der Waals surface area contributed by atoms with Gasteiger partial charge in [0.2, 0.25) is 0 Å². The van der Waals surface area contributed by atoms with E-state index in [0.29, 0.717) is 24.8 Å². The first-order valence-corrected chi connectivity index (χ1v) is 6.61. The zero-order valence-electron chi connectivity index (χ0n) is 11.7. The summed E-state index contributed by atoms with van der Waals surface area (Å²) in [5.74, 6) is 0.208. The highest BCUT2D eigenvalue weighted by Crippen LogP contribution is 2.17. The number of ether oxygens (including phenoxy) is 1. The fourth-order valence-corrected chi connectivity index (χ4v) is 2.25. The van der Waals surface area contributed by atoms with Crippen LogP contribution in [0.4, 0.5) is 5.82 Å². The lowest BCUT2D eigenvalue weighted by molar-refractivity contribution is -0.0255. The number of ketones is 1. The molecule has 1 aromatic rings. The summed E-state index contributed by atoms with van der Waals surface area (Å²) in [6, 6.07) is 2.19. The molecule has 1 aliphatic rings. The van der Waals surface area contributed by atoms with Gasteiger partial charge in [-0.25, -0.2) is 4.98 Å². The Morgan fingerprint density at radius 1 is 1.58 bits per heavy atom. The van der Waals surface area contributed by atoms with Crippen LogP contribution in [0.1, 0.15) is 29.8 Å². The molecule has 19 heavy (non-hydrogen) atoms. The number of anilines is 1. The largest absolute Gasteiger partial charge is 0.383 e. The van der Waals surface area contributed by atoms with Crippen molar-refractivity contribution >= 4 is 11.6 Å². The van der Waals surface area contributed by atoms with Crippen LogP contribution in [-0.4, -0.2) is 47.5 Å². The summed E-state index contributed by atoms with van der Waals surface area (Å²) in [7, 11) is 0. The number of hydrogen-bond donors (Lipinski definition) is 1. The van der Waals surface area contributed by atoms with E-state index in [0.717, 1.165) is 12.1 Å². The number of aryl methyl sites for hydroxylation is 1. The number of Topliss-reactive ketones (excluding diaryl/α,β-unsaturated/α-hetero) is 1. The molecule has 0 aliphatic carbocycles. The summed E-state index contributed by atoms with van der Waals surface area (Å²) >= 11 is 0. The van der Waals surface area contributed by atoms with Gasteiger partial charge in [0, 0.05) is 25.3 Å². The molecule has 1 saturated heterocycles. The summed E-state index contributed by atoms with van der Waals surface area (Å²) in [5.41, 5.74) is 7.18. The molecule has 1 fully saturated rings. The van der Waals surface area contributed by atoms with Crippen LogP contribution in [0.5, 0.6) is 0 Å². The number of nitrogens with zero attached hydrogens (tertiary/aromatic N) is 2. The Hall–Kier alpha value is -1.46. The molecule has 0 spiro atoms. The van der Waals surface area contributed by atoms with Crippen molar-refractivity contribution in [2.45, 2.75) is 32.9 Å². The number of pyridine rings is 1. The highest BCUT2D eigenvalue weighted by atomic mass is 16.5. The Kier molecular flexibility index (Phi) is 4.17. The van der Waals surface area contributed by atoms with Crippen molar-refractivity contribution < 1.29 is 9.53 Å². The number of hydrogen-bond acceptors (Lipinski definition) is 5. The number of carbonyl (C=O) groups is 1. The summed E-state index contributed by atoms with van der Waals surface area (Å²) in [4.78, 5) is 18.7. The molecule has 0 aromatic carbocycles. The van der Waals surface area contributed by atoms with Crippen LogP contribution in [0.25, 0.3) is 0 Å². The van der Waals surface area contributed by atoms with E-state index in [-0.39, 0.29) is 11.6 Å². The molecule has 2 N–H and O–H groups in total. The minimum Gasteiger partial charge on any atom is -0.383 e. The third-order valence-corrected chi connectivity index (χ3v) is 3.44. The molecule has 1 atom stereocenters. The van der Waals surface area contributed by atoms with Crippen molar-refractivity contribution in [3.05, 3.63) is 23.4 Å². The topological polar surface area (TPSA) is 68.5 Å². The van der Waals surface area contributed by atoms with Gasteiger partial charge in [-0.1, -0.05) is 0 Å². The van der Waals surface area contributed by atoms with Gasteiger partial charge >= 0.3 is 0 Å². The molecular weight excluding hydrogens is 242 g/mol. The Labute approximate surface area is 113 Å². The Bertz CT molecular complexity index is 474. The molecule has 0 amide bonds. The lowest BCUT2D eigenvalue weighted by Gasteiger charge is -2.34. The third kappa shape index (κ3) is 3.11. The van der Waals surface area contributed by atoms with Crippen molar-refractivity contribution in [1.82, 2.24) is 9.88 Å². The number of morpholine rings is 1. The second-order valence-electron chi connectivity index (χ2n) is 5.26. The molecule has 2 rings (SSSR count). The standard InChI is InChI=1S/C14H21N3O2/c1-9(2)17-4-5-19-12(8-17)13(18)11-6-10(3)7-16-14(11)15/h6-7,9,12H,4-5,8H2,1-3H3,(H2,15,16). The molecule has 1 unspecified atom stereocenters. The maximum absolute atomic E-state index is 12.5. The predicted molar refractivity (Wildman–Crippen MR) is 74.2 cm³/mol. The van der Waals surface area contributed by atoms with Gasteiger partial charge in [0.05, 0.1) is 12.2 Å². The number of rotatable bonds is 3. The summed E-state index contributed by atoms with van der Waals surface area (Å²) in [5, 5.41) is 0. The van der Waals surface area contributed by atoms with Gasteiger partial charge in [0.25, 0.3) is 0 Å². The lowest BCUT2D eigenvalue weighted by Crippen LogP contribution is -2.48. The average molecular weight is 263 g/mol. The van der Waals surface area contributed by atoms with Crippen LogP contribution in [0, 0.1) is 6.92 Å². The van der Waals surface area contributed by atoms with E-state index in [9.17, 15) is 4.79 Å². The number of aromatic nitrogens is 1. The highest BCUT2D eigenvalue weighted by molar-refractivity contribution is 6.03. The van der Waals surface area contributed by atoms with Crippen LogP contribution < -0.4 is 5.73 Å². The van der Waals surface area contributed by atoms with Crippen LogP contribution >= 0.6 is 0 Å². The SMILES string of the molecule is Cc1cnc(N)c(C(=O)C2CN(C(C)C)CCO2)c1. The number of carbonyl (C=O) groups excluding carboxylic acids is 1. The third-order valence-electron chi connectivity index (χ3n) is 3.44. The van der Waals surface area contributed by atoms with Gasteiger partial charge in [-0.3, -0.25) is 9.69 Å². The van der Waals surface area contributed by atoms with E-state index in [1.54, 1.807) is 12.3 Å². The molecule has 1 aromatic heterocycles. The summed E-state index contributed by atoms with van der Waals surface area (Å²) < 4.78 is 5.59. The van der Waals surface area contributed by atoms with Crippen molar-refractivity contribution in [2.75, 3.05) is 25.4 Å². The first kappa shape index (κ1) is 14.0. The van der Waals surface area contributed by atoms with Crippen LogP contribution in [0.2, 0.25) is 0 Å². The zero-order valence-corrected chi connectivity index (χ0v) is 11.7. The van der Waals surface area contributed by atoms with Gasteiger partial charge < -0.3 is 10.5 Å². The van der Waals surface area contributed by atoms with E-state index >= 15 is 0 Å². The van der Waals surface area contributed by atoms with Gasteiger partial charge in [-0.2, -0.15) is 0 Å². The fourth-order valence-electron chi connectivity index (χ4n) is 2.25. The van der Waals surface area contributed by atoms with Crippen LogP contribution in [-0.2, 0) is 4.74 Å². The Morgan fingerprint density at radius 3 is 3.00 bits per heavy atom. The average Bonchev–Trinajstić information content (AvgIpc) is 2.41. The molecule has 104 valence electrons. The molecule has 1 aliphatic heterocycles. The maximum Gasteiger partial charge on any atom is 0.196 e. The van der Waals surface area contributed by atoms with E-state index in [1.807, 2.05) is 6.92 Å². The lowest BCUT2D eigenvalue weighted by atomic mass is 10.0. The van der Waals surface area contributed by atoms with Crippen molar-refractivity contribution in [3.8, 4) is 0 Å². The van der Waals surface area contributed by atoms with Gasteiger partial charge in [-0.15, -0.1) is 0 Å². The Balaban J connectivity index is 2.17. The maximum atomic E-state index is 12.5. The second kappa shape index (κ2) is 5.67. The van der Waals surface area contributed by atoms with Crippen LogP contribution in [0.15, 0.2) is 12.3 Å². The molecular formula is C14H21N3O2. The molecule has 0 bridgehead atoms. The number of nitrogens with two attached hydrogens (primary N) is 1. The minimum atomic E-state index is -0.443. The zero-order chi connectivity index (χ0) is 14.0. The van der Waals surface area contributed by atoms with E-state index in [4.69, 9.17) is 10.5 Å². The first-order valence-electron chi connectivity index (χ1n) is 6.61. The van der Waals surface area contributed by atoms with E-state index < -0.39 is 6.10 Å².